The van der Waals surface area contributed by atoms with Crippen molar-refractivity contribution in [3.05, 3.63) is 82.5 Å². The van der Waals surface area contributed by atoms with E-state index in [2.05, 4.69) is 5.32 Å². The van der Waals surface area contributed by atoms with Crippen LogP contribution < -0.4 is 10.1 Å². The second kappa shape index (κ2) is 9.38. The van der Waals surface area contributed by atoms with Gasteiger partial charge in [0.2, 0.25) is 5.91 Å². The van der Waals surface area contributed by atoms with Crippen LogP contribution >= 0.6 is 11.8 Å². The zero-order valence-corrected chi connectivity index (χ0v) is 19.3. The van der Waals surface area contributed by atoms with E-state index in [1.54, 1.807) is 19.3 Å². The standard InChI is InChI=1S/C25H23N3O4S/c1-16-4-5-19(12-17(16)2)26-23(29)15-28-24(30)22(33-25(28)31)13-18-10-11-27(14-18)20-6-8-21(32-3)9-7-20/h4-14H,15H2,1-3H3,(H,26,29)/b22-13+. The Labute approximate surface area is 196 Å². The van der Waals surface area contributed by atoms with Crippen molar-refractivity contribution >= 4 is 40.6 Å². The van der Waals surface area contributed by atoms with E-state index in [0.29, 0.717) is 5.69 Å². The van der Waals surface area contributed by atoms with Crippen molar-refractivity contribution in [1.29, 1.82) is 0 Å². The highest BCUT2D eigenvalue weighted by Gasteiger charge is 2.36. The number of thioether (sulfide) groups is 1. The molecule has 3 amide bonds. The molecule has 0 unspecified atom stereocenters. The number of methoxy groups -OCH3 is 1. The summed E-state index contributed by atoms with van der Waals surface area (Å²) in [6.45, 7) is 3.61. The molecule has 0 spiro atoms. The van der Waals surface area contributed by atoms with Gasteiger partial charge in [0.05, 0.1) is 12.0 Å². The van der Waals surface area contributed by atoms with Crippen LogP contribution in [-0.4, -0.2) is 40.2 Å². The molecule has 33 heavy (non-hydrogen) atoms. The third kappa shape index (κ3) is 5.01. The summed E-state index contributed by atoms with van der Waals surface area (Å²) in [6, 6.07) is 15.0. The lowest BCUT2D eigenvalue weighted by Crippen LogP contribution is -2.36. The molecule has 0 radical (unpaired) electrons. The van der Waals surface area contributed by atoms with Crippen molar-refractivity contribution in [1.82, 2.24) is 9.47 Å². The highest BCUT2D eigenvalue weighted by Crippen LogP contribution is 2.32. The Hall–Kier alpha value is -3.78. The van der Waals surface area contributed by atoms with Gasteiger partial charge in [0.25, 0.3) is 11.1 Å². The number of benzene rings is 2. The van der Waals surface area contributed by atoms with Gasteiger partial charge in [-0.15, -0.1) is 0 Å². The number of carbonyl (C=O) groups is 3. The number of carbonyl (C=O) groups excluding carboxylic acids is 3. The van der Waals surface area contributed by atoms with Crippen molar-refractivity contribution in [2.24, 2.45) is 0 Å². The van der Waals surface area contributed by atoms with Crippen LogP contribution in [0.1, 0.15) is 16.7 Å². The van der Waals surface area contributed by atoms with Gasteiger partial charge in [-0.1, -0.05) is 6.07 Å². The third-order valence-corrected chi connectivity index (χ3v) is 6.26. The molecule has 1 fully saturated rings. The minimum atomic E-state index is -0.475. The molecule has 1 aliphatic rings. The van der Waals surface area contributed by atoms with E-state index in [-0.39, 0.29) is 11.4 Å². The van der Waals surface area contributed by atoms with Crippen molar-refractivity contribution < 1.29 is 19.1 Å². The fraction of sp³-hybridized carbons (Fsp3) is 0.160. The van der Waals surface area contributed by atoms with E-state index in [4.69, 9.17) is 4.74 Å². The number of nitrogens with zero attached hydrogens (tertiary/aromatic N) is 2. The van der Waals surface area contributed by atoms with E-state index >= 15 is 0 Å². The van der Waals surface area contributed by atoms with Crippen LogP contribution in [-0.2, 0) is 9.59 Å². The molecule has 4 rings (SSSR count). The first-order chi connectivity index (χ1) is 15.8. The number of amides is 3. The fourth-order valence-electron chi connectivity index (χ4n) is 3.36. The van der Waals surface area contributed by atoms with Gasteiger partial charge in [0.15, 0.2) is 0 Å². The molecule has 0 atom stereocenters. The van der Waals surface area contributed by atoms with Crippen LogP contribution in [0.15, 0.2) is 65.8 Å². The summed E-state index contributed by atoms with van der Waals surface area (Å²) in [6.07, 6.45) is 5.39. The molecule has 7 nitrogen and oxygen atoms in total. The largest absolute Gasteiger partial charge is 0.497 e. The Morgan fingerprint density at radius 1 is 1.06 bits per heavy atom. The topological polar surface area (TPSA) is 80.6 Å². The first-order valence-electron chi connectivity index (χ1n) is 10.3. The molecule has 0 bridgehead atoms. The highest BCUT2D eigenvalue weighted by molar-refractivity contribution is 8.18. The Morgan fingerprint density at radius 3 is 2.52 bits per heavy atom. The monoisotopic (exact) mass is 461 g/mol. The molecule has 0 saturated carbocycles. The molecule has 0 aliphatic carbocycles. The minimum absolute atomic E-state index is 0.284. The molecule has 2 aromatic carbocycles. The van der Waals surface area contributed by atoms with Crippen molar-refractivity contribution in [2.75, 3.05) is 19.0 Å². The van der Waals surface area contributed by atoms with Crippen LogP contribution in [0.2, 0.25) is 0 Å². The molecule has 1 saturated heterocycles. The molecule has 1 aliphatic heterocycles. The number of nitrogens with one attached hydrogen (secondary N) is 1. The number of aromatic nitrogens is 1. The maximum atomic E-state index is 12.8. The summed E-state index contributed by atoms with van der Waals surface area (Å²) < 4.78 is 7.09. The van der Waals surface area contributed by atoms with Crippen LogP contribution in [0.5, 0.6) is 5.75 Å². The van der Waals surface area contributed by atoms with E-state index in [9.17, 15) is 14.4 Å². The van der Waals surface area contributed by atoms with E-state index in [0.717, 1.165) is 44.8 Å². The number of ether oxygens (including phenoxy) is 1. The number of anilines is 1. The summed E-state index contributed by atoms with van der Waals surface area (Å²) in [5.41, 5.74) is 4.50. The van der Waals surface area contributed by atoms with E-state index < -0.39 is 17.1 Å². The SMILES string of the molecule is COc1ccc(-n2ccc(/C=C3/SC(=O)N(CC(=O)Nc4ccc(C)c(C)c4)C3=O)c2)cc1. The second-order valence-corrected chi connectivity index (χ2v) is 8.66. The Kier molecular flexibility index (Phi) is 6.37. The summed E-state index contributed by atoms with van der Waals surface area (Å²) in [5.74, 6) is -0.133. The lowest BCUT2D eigenvalue weighted by atomic mass is 10.1. The van der Waals surface area contributed by atoms with Crippen LogP contribution in [0, 0.1) is 13.8 Å². The maximum absolute atomic E-state index is 12.8. The first kappa shape index (κ1) is 22.4. The number of rotatable bonds is 6. The summed E-state index contributed by atoms with van der Waals surface area (Å²) in [4.78, 5) is 38.8. The van der Waals surface area contributed by atoms with Crippen molar-refractivity contribution in [3.8, 4) is 11.4 Å². The smallest absolute Gasteiger partial charge is 0.294 e. The van der Waals surface area contributed by atoms with E-state index in [1.807, 2.05) is 73.3 Å². The number of hydrogen-bond acceptors (Lipinski definition) is 5. The predicted molar refractivity (Wildman–Crippen MR) is 130 cm³/mol. The van der Waals surface area contributed by atoms with Gasteiger partial charge >= 0.3 is 0 Å². The van der Waals surface area contributed by atoms with E-state index in [1.165, 1.54) is 0 Å². The summed E-state index contributed by atoms with van der Waals surface area (Å²) in [5, 5.41) is 2.28. The molecule has 3 aromatic rings. The summed E-state index contributed by atoms with van der Waals surface area (Å²) >= 11 is 0.832. The van der Waals surface area contributed by atoms with Crippen molar-refractivity contribution in [2.45, 2.75) is 13.8 Å². The Bertz CT molecular complexity index is 1260. The van der Waals surface area contributed by atoms with Gasteiger partial charge in [0.1, 0.15) is 12.3 Å². The van der Waals surface area contributed by atoms with Gasteiger partial charge in [-0.05, 0) is 90.8 Å². The molecule has 168 valence electrons. The fourth-order valence-corrected chi connectivity index (χ4v) is 4.20. The average Bonchev–Trinajstić information content (AvgIpc) is 3.37. The Morgan fingerprint density at radius 2 is 1.82 bits per heavy atom. The quantitative estimate of drug-likeness (QED) is 0.535. The van der Waals surface area contributed by atoms with Gasteiger partial charge in [-0.2, -0.15) is 0 Å². The number of imide groups is 1. The average molecular weight is 462 g/mol. The number of hydrogen-bond donors (Lipinski definition) is 1. The van der Waals surface area contributed by atoms with Gasteiger partial charge in [0, 0.05) is 23.8 Å². The summed E-state index contributed by atoms with van der Waals surface area (Å²) in [7, 11) is 1.61. The third-order valence-electron chi connectivity index (χ3n) is 5.35. The Balaban J connectivity index is 1.43. The number of aryl methyl sites for hydroxylation is 2. The van der Waals surface area contributed by atoms with Gasteiger partial charge in [-0.3, -0.25) is 19.3 Å². The van der Waals surface area contributed by atoms with Crippen LogP contribution in [0.25, 0.3) is 11.8 Å². The molecule has 1 N–H and O–H groups in total. The molecule has 1 aromatic heterocycles. The maximum Gasteiger partial charge on any atom is 0.294 e. The second-order valence-electron chi connectivity index (χ2n) is 7.67. The lowest BCUT2D eigenvalue weighted by molar-refractivity contribution is -0.127. The predicted octanol–water partition coefficient (Wildman–Crippen LogP) is 4.78. The lowest BCUT2D eigenvalue weighted by Gasteiger charge is -2.13. The first-order valence-corrected chi connectivity index (χ1v) is 11.1. The zero-order valence-electron chi connectivity index (χ0n) is 18.5. The normalized spacial score (nSPS) is 14.8. The molecular formula is C25H23N3O4S. The van der Waals surface area contributed by atoms with Crippen LogP contribution in [0.3, 0.4) is 0 Å². The van der Waals surface area contributed by atoms with Crippen LogP contribution in [0.4, 0.5) is 10.5 Å². The zero-order chi connectivity index (χ0) is 23.5. The highest BCUT2D eigenvalue weighted by atomic mass is 32.2. The van der Waals surface area contributed by atoms with Gasteiger partial charge in [-0.25, -0.2) is 0 Å². The minimum Gasteiger partial charge on any atom is -0.497 e. The van der Waals surface area contributed by atoms with Crippen molar-refractivity contribution in [3.63, 3.8) is 0 Å². The molecule has 2 heterocycles. The molecule has 8 heteroatoms. The van der Waals surface area contributed by atoms with Gasteiger partial charge < -0.3 is 14.6 Å². The molecular weight excluding hydrogens is 438 g/mol.